The van der Waals surface area contributed by atoms with Crippen molar-refractivity contribution in [1.29, 1.82) is 0 Å². The van der Waals surface area contributed by atoms with E-state index >= 15 is 0 Å². The number of sulfonamides is 1. The summed E-state index contributed by atoms with van der Waals surface area (Å²) in [4.78, 5) is 3.95. The molecule has 4 nitrogen and oxygen atoms in total. The third-order valence-corrected chi connectivity index (χ3v) is 5.82. The van der Waals surface area contributed by atoms with E-state index in [0.29, 0.717) is 24.9 Å². The van der Waals surface area contributed by atoms with Crippen molar-refractivity contribution in [3.63, 3.8) is 0 Å². The lowest BCUT2D eigenvalue weighted by molar-refractivity contribution is 0.388. The van der Waals surface area contributed by atoms with Gasteiger partial charge in [-0.1, -0.05) is 25.4 Å². The maximum absolute atomic E-state index is 12.4. The van der Waals surface area contributed by atoms with E-state index in [2.05, 4.69) is 18.8 Å². The summed E-state index contributed by atoms with van der Waals surface area (Å²) < 4.78 is 26.4. The highest BCUT2D eigenvalue weighted by Crippen LogP contribution is 2.30. The average molecular weight is 289 g/mol. The Morgan fingerprint density at radius 1 is 1.50 bits per heavy atom. The highest BCUT2D eigenvalue weighted by Gasteiger charge is 2.34. The first-order valence-electron chi connectivity index (χ1n) is 6.02. The SMILES string of the molecule is CC(C)C1CCN(S(=O)(=O)c2cnccc2Cl)C1. The van der Waals surface area contributed by atoms with Crippen LogP contribution in [0.5, 0.6) is 0 Å². The van der Waals surface area contributed by atoms with E-state index in [-0.39, 0.29) is 9.92 Å². The molecule has 0 aliphatic carbocycles. The Labute approximate surface area is 113 Å². The van der Waals surface area contributed by atoms with Gasteiger partial charge in [0.25, 0.3) is 0 Å². The molecular formula is C12H17ClN2O2S. The molecule has 1 fully saturated rings. The van der Waals surface area contributed by atoms with Crippen LogP contribution >= 0.6 is 11.6 Å². The highest BCUT2D eigenvalue weighted by molar-refractivity contribution is 7.89. The molecule has 0 bridgehead atoms. The molecule has 0 saturated carbocycles. The normalized spacial score (nSPS) is 21.7. The molecule has 0 N–H and O–H groups in total. The Kier molecular flexibility index (Phi) is 3.94. The third kappa shape index (κ3) is 2.53. The van der Waals surface area contributed by atoms with Crippen LogP contribution in [0.2, 0.25) is 5.02 Å². The molecule has 0 spiro atoms. The van der Waals surface area contributed by atoms with Crippen LogP contribution in [0.3, 0.4) is 0 Å². The molecule has 1 aliphatic heterocycles. The minimum atomic E-state index is -3.50. The van der Waals surface area contributed by atoms with Gasteiger partial charge in [-0.25, -0.2) is 8.42 Å². The van der Waals surface area contributed by atoms with Crippen LogP contribution in [0.15, 0.2) is 23.4 Å². The minimum absolute atomic E-state index is 0.107. The van der Waals surface area contributed by atoms with Crippen molar-refractivity contribution in [3.05, 3.63) is 23.5 Å². The number of aromatic nitrogens is 1. The van der Waals surface area contributed by atoms with E-state index in [1.807, 2.05) is 0 Å². The zero-order chi connectivity index (χ0) is 13.3. The molecule has 2 heterocycles. The molecule has 100 valence electrons. The summed E-state index contributed by atoms with van der Waals surface area (Å²) >= 11 is 5.94. The van der Waals surface area contributed by atoms with Crippen molar-refractivity contribution in [2.24, 2.45) is 11.8 Å². The van der Waals surface area contributed by atoms with Gasteiger partial charge in [0.1, 0.15) is 4.90 Å². The van der Waals surface area contributed by atoms with Crippen molar-refractivity contribution in [1.82, 2.24) is 9.29 Å². The Bertz CT molecular complexity index is 531. The van der Waals surface area contributed by atoms with E-state index in [4.69, 9.17) is 11.6 Å². The number of hydrogen-bond donors (Lipinski definition) is 0. The fraction of sp³-hybridized carbons (Fsp3) is 0.583. The number of nitrogens with zero attached hydrogens (tertiary/aromatic N) is 2. The fourth-order valence-electron chi connectivity index (χ4n) is 2.21. The molecule has 6 heteroatoms. The van der Waals surface area contributed by atoms with Gasteiger partial charge in [-0.15, -0.1) is 0 Å². The van der Waals surface area contributed by atoms with Crippen LogP contribution in [-0.4, -0.2) is 30.8 Å². The first kappa shape index (κ1) is 13.8. The van der Waals surface area contributed by atoms with Crippen LogP contribution in [0.25, 0.3) is 0 Å². The standard InChI is InChI=1S/C12H17ClN2O2S/c1-9(2)10-4-6-15(8-10)18(16,17)12-7-14-5-3-11(12)13/h3,5,7,9-10H,4,6,8H2,1-2H3. The summed E-state index contributed by atoms with van der Waals surface area (Å²) in [5.41, 5.74) is 0. The maximum atomic E-state index is 12.4. The van der Waals surface area contributed by atoms with Gasteiger partial charge in [0, 0.05) is 25.5 Å². The monoisotopic (exact) mass is 288 g/mol. The van der Waals surface area contributed by atoms with Crippen molar-refractivity contribution in [3.8, 4) is 0 Å². The summed E-state index contributed by atoms with van der Waals surface area (Å²) in [6.45, 7) is 5.39. The van der Waals surface area contributed by atoms with Crippen LogP contribution < -0.4 is 0 Å². The molecule has 2 rings (SSSR count). The molecule has 0 radical (unpaired) electrons. The Morgan fingerprint density at radius 2 is 2.22 bits per heavy atom. The lowest BCUT2D eigenvalue weighted by atomic mass is 9.96. The minimum Gasteiger partial charge on any atom is -0.263 e. The van der Waals surface area contributed by atoms with Crippen LogP contribution in [0.4, 0.5) is 0 Å². The second kappa shape index (κ2) is 5.15. The number of hydrogen-bond acceptors (Lipinski definition) is 3. The van der Waals surface area contributed by atoms with Gasteiger partial charge in [-0.05, 0) is 24.3 Å². The molecular weight excluding hydrogens is 272 g/mol. The molecule has 18 heavy (non-hydrogen) atoms. The van der Waals surface area contributed by atoms with Gasteiger partial charge < -0.3 is 0 Å². The summed E-state index contributed by atoms with van der Waals surface area (Å²) in [7, 11) is -3.50. The van der Waals surface area contributed by atoms with Crippen molar-refractivity contribution < 1.29 is 8.42 Å². The largest absolute Gasteiger partial charge is 0.263 e. The van der Waals surface area contributed by atoms with Crippen LogP contribution in [0, 0.1) is 11.8 Å². The molecule has 0 amide bonds. The van der Waals surface area contributed by atoms with E-state index < -0.39 is 10.0 Å². The predicted octanol–water partition coefficient (Wildman–Crippen LogP) is 2.40. The Balaban J connectivity index is 2.26. The van der Waals surface area contributed by atoms with E-state index in [1.54, 1.807) is 0 Å². The molecule has 1 aromatic rings. The first-order chi connectivity index (χ1) is 8.43. The number of halogens is 1. The number of pyridine rings is 1. The van der Waals surface area contributed by atoms with Crippen LogP contribution in [0.1, 0.15) is 20.3 Å². The summed E-state index contributed by atoms with van der Waals surface area (Å²) in [6, 6.07) is 1.50. The second-order valence-corrected chi connectivity index (χ2v) is 7.28. The van der Waals surface area contributed by atoms with Gasteiger partial charge >= 0.3 is 0 Å². The van der Waals surface area contributed by atoms with E-state index in [9.17, 15) is 8.42 Å². The first-order valence-corrected chi connectivity index (χ1v) is 7.84. The zero-order valence-corrected chi connectivity index (χ0v) is 12.1. The third-order valence-electron chi connectivity index (χ3n) is 3.48. The second-order valence-electron chi connectivity index (χ2n) is 4.96. The summed E-state index contributed by atoms with van der Waals surface area (Å²) in [5.74, 6) is 0.921. The van der Waals surface area contributed by atoms with Gasteiger partial charge in [-0.3, -0.25) is 4.98 Å². The van der Waals surface area contributed by atoms with Gasteiger partial charge in [0.2, 0.25) is 10.0 Å². The molecule has 0 aromatic carbocycles. The Morgan fingerprint density at radius 3 is 2.78 bits per heavy atom. The Hall–Kier alpha value is -0.650. The smallest absolute Gasteiger partial charge is 0.246 e. The quantitative estimate of drug-likeness (QED) is 0.858. The molecule has 1 unspecified atom stereocenters. The average Bonchev–Trinajstić information content (AvgIpc) is 2.79. The van der Waals surface area contributed by atoms with E-state index in [0.717, 1.165) is 6.42 Å². The van der Waals surface area contributed by atoms with Gasteiger partial charge in [0.05, 0.1) is 5.02 Å². The summed E-state index contributed by atoms with van der Waals surface area (Å²) in [5, 5.41) is 0.234. The fourth-order valence-corrected chi connectivity index (χ4v) is 4.13. The highest BCUT2D eigenvalue weighted by atomic mass is 35.5. The van der Waals surface area contributed by atoms with Crippen molar-refractivity contribution in [2.45, 2.75) is 25.2 Å². The summed E-state index contributed by atoms with van der Waals surface area (Å²) in [6.07, 6.45) is 3.72. The predicted molar refractivity (Wildman–Crippen MR) is 71.0 cm³/mol. The molecule has 1 atom stereocenters. The lowest BCUT2D eigenvalue weighted by Gasteiger charge is -2.18. The molecule has 1 aliphatic rings. The molecule has 1 aromatic heterocycles. The zero-order valence-electron chi connectivity index (χ0n) is 10.5. The van der Waals surface area contributed by atoms with Gasteiger partial charge in [0.15, 0.2) is 0 Å². The lowest BCUT2D eigenvalue weighted by Crippen LogP contribution is -2.29. The van der Waals surface area contributed by atoms with Gasteiger partial charge in [-0.2, -0.15) is 4.31 Å². The molecule has 1 saturated heterocycles. The van der Waals surface area contributed by atoms with Crippen LogP contribution in [-0.2, 0) is 10.0 Å². The van der Waals surface area contributed by atoms with Crippen molar-refractivity contribution >= 4 is 21.6 Å². The topological polar surface area (TPSA) is 50.3 Å². The number of rotatable bonds is 3. The van der Waals surface area contributed by atoms with Crippen molar-refractivity contribution in [2.75, 3.05) is 13.1 Å². The maximum Gasteiger partial charge on any atom is 0.246 e. The van der Waals surface area contributed by atoms with E-state index in [1.165, 1.54) is 22.8 Å².